The van der Waals surface area contributed by atoms with Crippen LogP contribution < -0.4 is 5.51 Å². The summed E-state index contributed by atoms with van der Waals surface area (Å²) in [6, 6.07) is 15.3. The van der Waals surface area contributed by atoms with E-state index in [2.05, 4.69) is 82.9 Å². The Kier molecular flexibility index (Phi) is 4.21. The smallest absolute Gasteiger partial charge is 0.173 e. The highest BCUT2D eigenvalue weighted by atomic mass is 32.1. The molecule has 0 aliphatic rings. The van der Waals surface area contributed by atoms with Gasteiger partial charge in [0.25, 0.3) is 0 Å². The molecule has 0 amide bonds. The molecular weight excluding hydrogens is 404 g/mol. The molecule has 5 rings (SSSR count). The third-order valence-electron chi connectivity index (χ3n) is 5.53. The van der Waals surface area contributed by atoms with E-state index >= 15 is 0 Å². The lowest BCUT2D eigenvalue weighted by atomic mass is 9.82. The van der Waals surface area contributed by atoms with Crippen molar-refractivity contribution >= 4 is 56.2 Å². The summed E-state index contributed by atoms with van der Waals surface area (Å²) in [5.74, 6) is 0. The Bertz CT molecular complexity index is 1420. The summed E-state index contributed by atoms with van der Waals surface area (Å²) in [5.41, 5.74) is 5.38. The van der Waals surface area contributed by atoms with Gasteiger partial charge in [-0.15, -0.1) is 11.3 Å². The van der Waals surface area contributed by atoms with Crippen LogP contribution in [0.1, 0.15) is 26.3 Å². The molecule has 0 aliphatic carbocycles. The zero-order chi connectivity index (χ0) is 21.3. The van der Waals surface area contributed by atoms with Gasteiger partial charge in [-0.2, -0.15) is 0 Å². The molecule has 0 N–H and O–H groups in total. The van der Waals surface area contributed by atoms with Crippen molar-refractivity contribution in [3.8, 4) is 11.3 Å². The zero-order valence-corrected chi connectivity index (χ0v) is 20.1. The van der Waals surface area contributed by atoms with E-state index in [-0.39, 0.29) is 5.41 Å². The number of fused-ring (bicyclic) bond motifs is 4. The number of oxazole rings is 1. The zero-order valence-electron chi connectivity index (χ0n) is 18.3. The minimum absolute atomic E-state index is 0.0420. The normalized spacial score (nSPS) is 13.0. The Morgan fingerprint density at radius 2 is 1.73 bits per heavy atom. The molecule has 0 radical (unpaired) electrons. The molecule has 3 aromatic heterocycles. The topological polar surface area (TPSA) is 38.9 Å². The molecule has 3 heterocycles. The second kappa shape index (κ2) is 6.50. The van der Waals surface area contributed by atoms with Crippen LogP contribution in [0.25, 0.3) is 42.5 Å². The van der Waals surface area contributed by atoms with Crippen molar-refractivity contribution in [1.82, 2.24) is 9.97 Å². The van der Waals surface area contributed by atoms with Crippen LogP contribution in [0.3, 0.4) is 0 Å². The highest BCUT2D eigenvalue weighted by Crippen LogP contribution is 2.40. The van der Waals surface area contributed by atoms with Gasteiger partial charge in [0.1, 0.15) is 8.07 Å². The summed E-state index contributed by atoms with van der Waals surface area (Å²) in [4.78, 5) is 10.6. The molecule has 5 aromatic rings. The summed E-state index contributed by atoms with van der Waals surface area (Å²) in [6.07, 6.45) is 1.90. The summed E-state index contributed by atoms with van der Waals surface area (Å²) in [6.45, 7) is 13.6. The second-order valence-electron chi connectivity index (χ2n) is 10.0. The van der Waals surface area contributed by atoms with E-state index in [4.69, 9.17) is 14.4 Å². The van der Waals surface area contributed by atoms with Gasteiger partial charge in [0.15, 0.2) is 15.9 Å². The fourth-order valence-corrected chi connectivity index (χ4v) is 6.01. The lowest BCUT2D eigenvalue weighted by Gasteiger charge is -2.22. The van der Waals surface area contributed by atoms with Gasteiger partial charge < -0.3 is 4.42 Å². The fourth-order valence-electron chi connectivity index (χ4n) is 3.97. The van der Waals surface area contributed by atoms with Gasteiger partial charge in [0.2, 0.25) is 0 Å². The average molecular weight is 431 g/mol. The maximum Gasteiger partial charge on any atom is 0.173 e. The number of nitrogens with zero attached hydrogens (tertiary/aromatic N) is 2. The molecule has 2 aromatic carbocycles. The van der Waals surface area contributed by atoms with Crippen molar-refractivity contribution in [2.75, 3.05) is 0 Å². The molecule has 152 valence electrons. The number of benzene rings is 2. The van der Waals surface area contributed by atoms with Crippen molar-refractivity contribution in [2.45, 2.75) is 45.8 Å². The van der Waals surface area contributed by atoms with E-state index in [0.29, 0.717) is 0 Å². The lowest BCUT2D eigenvalue weighted by molar-refractivity contribution is 0.596. The van der Waals surface area contributed by atoms with Gasteiger partial charge in [-0.25, -0.2) is 4.98 Å². The van der Waals surface area contributed by atoms with Gasteiger partial charge >= 0.3 is 0 Å². The van der Waals surface area contributed by atoms with Crippen LogP contribution in [0.5, 0.6) is 0 Å². The van der Waals surface area contributed by atoms with E-state index in [1.807, 2.05) is 6.20 Å². The predicted octanol–water partition coefficient (Wildman–Crippen LogP) is 7.10. The summed E-state index contributed by atoms with van der Waals surface area (Å²) in [5, 5.41) is 3.67. The number of rotatable bonds is 2. The van der Waals surface area contributed by atoms with E-state index in [9.17, 15) is 0 Å². The van der Waals surface area contributed by atoms with Crippen molar-refractivity contribution < 1.29 is 4.42 Å². The quantitative estimate of drug-likeness (QED) is 0.280. The molecule has 30 heavy (non-hydrogen) atoms. The first-order chi connectivity index (χ1) is 14.1. The molecule has 0 unspecified atom stereocenters. The molecule has 0 aliphatic heterocycles. The molecule has 0 atom stereocenters. The number of hydrogen-bond acceptors (Lipinski definition) is 4. The molecule has 0 saturated heterocycles. The van der Waals surface area contributed by atoms with Crippen LogP contribution in [-0.4, -0.2) is 18.0 Å². The highest BCUT2D eigenvalue weighted by molar-refractivity contribution is 7.26. The minimum Gasteiger partial charge on any atom is -0.444 e. The third-order valence-corrected chi connectivity index (χ3v) is 8.11. The summed E-state index contributed by atoms with van der Waals surface area (Å²) >= 11 is 1.69. The second-order valence-corrected chi connectivity index (χ2v) is 16.0. The monoisotopic (exact) mass is 430 g/mol. The molecule has 0 spiro atoms. The van der Waals surface area contributed by atoms with Gasteiger partial charge in [-0.3, -0.25) is 4.98 Å². The van der Waals surface area contributed by atoms with E-state index in [1.54, 1.807) is 11.3 Å². The first-order valence-corrected chi connectivity index (χ1v) is 14.7. The van der Waals surface area contributed by atoms with Crippen LogP contribution in [0.4, 0.5) is 0 Å². The van der Waals surface area contributed by atoms with Crippen LogP contribution in [0, 0.1) is 0 Å². The van der Waals surface area contributed by atoms with Crippen LogP contribution in [0.15, 0.2) is 53.1 Å². The van der Waals surface area contributed by atoms with Crippen molar-refractivity contribution in [1.29, 1.82) is 0 Å². The van der Waals surface area contributed by atoms with Gasteiger partial charge in [-0.05, 0) is 39.9 Å². The average Bonchev–Trinajstić information content (AvgIpc) is 3.24. The fraction of sp³-hybridized carbons (Fsp3) is 0.280. The van der Waals surface area contributed by atoms with E-state index < -0.39 is 8.07 Å². The Labute approximate surface area is 181 Å². The van der Waals surface area contributed by atoms with Crippen LogP contribution >= 0.6 is 11.3 Å². The Morgan fingerprint density at radius 3 is 2.47 bits per heavy atom. The minimum atomic E-state index is -1.59. The Hall–Kier alpha value is -2.50. The predicted molar refractivity (Wildman–Crippen MR) is 132 cm³/mol. The van der Waals surface area contributed by atoms with Crippen LogP contribution in [-0.2, 0) is 5.41 Å². The lowest BCUT2D eigenvalue weighted by Crippen LogP contribution is -2.38. The number of aromatic nitrogens is 2. The first-order valence-electron chi connectivity index (χ1n) is 10.3. The highest BCUT2D eigenvalue weighted by Gasteiger charge is 2.26. The summed E-state index contributed by atoms with van der Waals surface area (Å²) in [7, 11) is -1.59. The Balaban J connectivity index is 1.78. The van der Waals surface area contributed by atoms with E-state index in [0.717, 1.165) is 37.3 Å². The van der Waals surface area contributed by atoms with Gasteiger partial charge in [-0.1, -0.05) is 64.7 Å². The summed E-state index contributed by atoms with van der Waals surface area (Å²) < 4.78 is 7.41. The largest absolute Gasteiger partial charge is 0.444 e. The van der Waals surface area contributed by atoms with Gasteiger partial charge in [0, 0.05) is 17.1 Å². The molecular formula is C25H26N2OSSi. The molecule has 0 saturated carbocycles. The first kappa shape index (κ1) is 19.5. The molecule has 0 bridgehead atoms. The third kappa shape index (κ3) is 3.08. The molecule has 5 heteroatoms. The molecule has 0 fully saturated rings. The maximum atomic E-state index is 6.26. The van der Waals surface area contributed by atoms with Gasteiger partial charge in [0.05, 0.1) is 10.4 Å². The number of pyridine rings is 1. The van der Waals surface area contributed by atoms with Crippen molar-refractivity contribution in [3.63, 3.8) is 0 Å². The number of hydrogen-bond donors (Lipinski definition) is 0. The molecule has 3 nitrogen and oxygen atoms in total. The van der Waals surface area contributed by atoms with E-state index in [1.165, 1.54) is 16.3 Å². The SMILES string of the molecule is CC(C)(C)c1cc(-c2nccc3c2sc2nc([Si](C)(C)C)oc23)cc2ccccc12. The maximum absolute atomic E-state index is 6.26. The standard InChI is InChI=1S/C25H26N2OSSi/c1-25(2,3)19-14-16(13-15-9-7-8-10-17(15)19)20-22-18(11-12-26-20)21-23(29-22)27-24(28-21)30(4,5)6/h7-14H,1-6H3. The van der Waals surface area contributed by atoms with Crippen LogP contribution in [0.2, 0.25) is 19.6 Å². The van der Waals surface area contributed by atoms with Crippen molar-refractivity contribution in [3.05, 3.63) is 54.2 Å². The Morgan fingerprint density at radius 1 is 0.967 bits per heavy atom. The number of thiophene rings is 1. The van der Waals surface area contributed by atoms with Crippen molar-refractivity contribution in [2.24, 2.45) is 0 Å².